The summed E-state index contributed by atoms with van der Waals surface area (Å²) in [6.07, 6.45) is 1.99. The third kappa shape index (κ3) is 3.97. The molecule has 1 unspecified atom stereocenters. The first-order valence-corrected chi connectivity index (χ1v) is 7.37. The van der Waals surface area contributed by atoms with E-state index < -0.39 is 10.0 Å². The molecule has 0 bridgehead atoms. The average Bonchev–Trinajstić information content (AvgIpc) is 2.68. The highest BCUT2D eigenvalue weighted by molar-refractivity contribution is 7.89. The third-order valence-electron chi connectivity index (χ3n) is 2.51. The quantitative estimate of drug-likeness (QED) is 0.806. The smallest absolute Gasteiger partial charge is 0.257 e. The summed E-state index contributed by atoms with van der Waals surface area (Å²) in [6, 6.07) is 1.20. The first-order valence-electron chi connectivity index (χ1n) is 5.35. The van der Waals surface area contributed by atoms with E-state index >= 15 is 0 Å². The van der Waals surface area contributed by atoms with Gasteiger partial charge in [0.2, 0.25) is 0 Å². The van der Waals surface area contributed by atoms with Gasteiger partial charge in [0.25, 0.3) is 10.0 Å². The number of rotatable bonds is 5. The van der Waals surface area contributed by atoms with Gasteiger partial charge in [-0.3, -0.25) is 5.10 Å². The van der Waals surface area contributed by atoms with Crippen molar-refractivity contribution in [2.75, 3.05) is 5.88 Å². The molecule has 0 radical (unpaired) electrons. The highest BCUT2D eigenvalue weighted by Crippen LogP contribution is 2.23. The highest BCUT2D eigenvalue weighted by atomic mass is 35.5. The first-order chi connectivity index (χ1) is 7.77. The topological polar surface area (TPSA) is 74.8 Å². The van der Waals surface area contributed by atoms with Gasteiger partial charge in [0.05, 0.1) is 6.20 Å². The summed E-state index contributed by atoms with van der Waals surface area (Å²) in [5.74, 6) is 0.410. The van der Waals surface area contributed by atoms with Crippen molar-refractivity contribution in [2.45, 2.75) is 38.3 Å². The van der Waals surface area contributed by atoms with Crippen molar-refractivity contribution in [1.82, 2.24) is 14.9 Å². The molecule has 17 heavy (non-hydrogen) atoms. The van der Waals surface area contributed by atoms with Crippen molar-refractivity contribution in [2.24, 2.45) is 5.41 Å². The first kappa shape index (κ1) is 14.5. The van der Waals surface area contributed by atoms with Crippen molar-refractivity contribution in [3.05, 3.63) is 12.3 Å². The minimum Gasteiger partial charge on any atom is -0.266 e. The number of hydrogen-bond acceptors (Lipinski definition) is 3. The van der Waals surface area contributed by atoms with Crippen LogP contribution in [0.5, 0.6) is 0 Å². The van der Waals surface area contributed by atoms with Gasteiger partial charge in [-0.15, -0.1) is 11.6 Å². The number of aromatic amines is 1. The maximum absolute atomic E-state index is 12.0. The molecule has 0 aliphatic heterocycles. The van der Waals surface area contributed by atoms with Gasteiger partial charge in [0, 0.05) is 11.9 Å². The average molecular weight is 280 g/mol. The van der Waals surface area contributed by atoms with Crippen molar-refractivity contribution in [3.63, 3.8) is 0 Å². The molecule has 0 aromatic carbocycles. The molecule has 1 aromatic rings. The van der Waals surface area contributed by atoms with Crippen LogP contribution in [-0.4, -0.2) is 30.5 Å². The second-order valence-electron chi connectivity index (χ2n) is 4.94. The van der Waals surface area contributed by atoms with Crippen LogP contribution in [-0.2, 0) is 10.0 Å². The Morgan fingerprint density at radius 1 is 1.53 bits per heavy atom. The van der Waals surface area contributed by atoms with Crippen LogP contribution >= 0.6 is 11.6 Å². The molecule has 0 fully saturated rings. The number of aromatic nitrogens is 2. The fourth-order valence-corrected chi connectivity index (χ4v) is 3.03. The van der Waals surface area contributed by atoms with Crippen LogP contribution in [0.2, 0.25) is 0 Å². The lowest BCUT2D eigenvalue weighted by molar-refractivity contribution is 0.292. The summed E-state index contributed by atoms with van der Waals surface area (Å²) in [4.78, 5) is 0. The number of sulfonamides is 1. The zero-order chi connectivity index (χ0) is 13.1. The normalized spacial score (nSPS) is 14.8. The van der Waals surface area contributed by atoms with Gasteiger partial charge in [-0.05, 0) is 17.9 Å². The second kappa shape index (κ2) is 5.37. The number of halogens is 1. The largest absolute Gasteiger partial charge is 0.266 e. The molecule has 1 rings (SSSR count). The maximum Gasteiger partial charge on any atom is 0.257 e. The molecule has 5 nitrogen and oxygen atoms in total. The minimum atomic E-state index is -3.55. The van der Waals surface area contributed by atoms with E-state index in [9.17, 15) is 8.42 Å². The summed E-state index contributed by atoms with van der Waals surface area (Å²) in [6.45, 7) is 5.92. The van der Waals surface area contributed by atoms with Crippen molar-refractivity contribution < 1.29 is 8.42 Å². The van der Waals surface area contributed by atoms with Crippen molar-refractivity contribution in [3.8, 4) is 0 Å². The van der Waals surface area contributed by atoms with Gasteiger partial charge in [-0.25, -0.2) is 13.1 Å². The van der Waals surface area contributed by atoms with E-state index in [1.165, 1.54) is 12.3 Å². The minimum absolute atomic E-state index is 0.0707. The molecule has 0 saturated heterocycles. The molecule has 0 spiro atoms. The fraction of sp³-hybridized carbons (Fsp3) is 0.700. The molecule has 0 aliphatic rings. The molecular weight excluding hydrogens is 262 g/mol. The lowest BCUT2D eigenvalue weighted by atomic mass is 9.86. The Balaban J connectivity index is 2.88. The number of hydrogen-bond donors (Lipinski definition) is 2. The number of alkyl halides is 1. The van der Waals surface area contributed by atoms with E-state index in [1.54, 1.807) is 0 Å². The van der Waals surface area contributed by atoms with Gasteiger partial charge in [0.15, 0.2) is 5.03 Å². The summed E-state index contributed by atoms with van der Waals surface area (Å²) in [5.41, 5.74) is -0.192. The second-order valence-corrected chi connectivity index (χ2v) is 7.00. The predicted octanol–water partition coefficient (Wildman–Crippen LogP) is 1.73. The Kier molecular flexibility index (Phi) is 4.57. The standard InChI is InChI=1S/C10H18ClN3O2S/c1-10(2,3)8(4-6-11)14-17(15,16)9-5-7-12-13-9/h5,7-8,14H,4,6H2,1-3H3,(H,12,13). The van der Waals surface area contributed by atoms with Crippen LogP contribution in [0.4, 0.5) is 0 Å². The lowest BCUT2D eigenvalue weighted by Gasteiger charge is -2.30. The lowest BCUT2D eigenvalue weighted by Crippen LogP contribution is -2.44. The van der Waals surface area contributed by atoms with E-state index in [2.05, 4.69) is 14.9 Å². The summed E-state index contributed by atoms with van der Waals surface area (Å²) in [7, 11) is -3.55. The molecule has 0 saturated carbocycles. The molecule has 98 valence electrons. The Morgan fingerprint density at radius 2 is 2.18 bits per heavy atom. The van der Waals surface area contributed by atoms with Crippen LogP contribution in [0.1, 0.15) is 27.2 Å². The fourth-order valence-electron chi connectivity index (χ4n) is 1.42. The highest BCUT2D eigenvalue weighted by Gasteiger charge is 2.29. The van der Waals surface area contributed by atoms with Gasteiger partial charge in [-0.1, -0.05) is 20.8 Å². The third-order valence-corrected chi connectivity index (χ3v) is 4.12. The van der Waals surface area contributed by atoms with Crippen LogP contribution < -0.4 is 4.72 Å². The molecule has 1 aromatic heterocycles. The van der Waals surface area contributed by atoms with E-state index in [4.69, 9.17) is 11.6 Å². The number of nitrogens with one attached hydrogen (secondary N) is 2. The number of H-pyrrole nitrogens is 1. The van der Waals surface area contributed by atoms with E-state index in [0.29, 0.717) is 12.3 Å². The summed E-state index contributed by atoms with van der Waals surface area (Å²) >= 11 is 5.70. The molecular formula is C10H18ClN3O2S. The van der Waals surface area contributed by atoms with Gasteiger partial charge >= 0.3 is 0 Å². The Morgan fingerprint density at radius 3 is 2.59 bits per heavy atom. The van der Waals surface area contributed by atoms with Crippen LogP contribution in [0.25, 0.3) is 0 Å². The van der Waals surface area contributed by atoms with E-state index in [1.807, 2.05) is 20.8 Å². The number of nitrogens with zero attached hydrogens (tertiary/aromatic N) is 1. The molecule has 0 amide bonds. The van der Waals surface area contributed by atoms with Gasteiger partial charge in [-0.2, -0.15) is 5.10 Å². The monoisotopic (exact) mass is 279 g/mol. The van der Waals surface area contributed by atoms with E-state index in [-0.39, 0.29) is 16.5 Å². The molecule has 7 heteroatoms. The molecule has 1 atom stereocenters. The van der Waals surface area contributed by atoms with Crippen LogP contribution in [0.3, 0.4) is 0 Å². The predicted molar refractivity (Wildman–Crippen MR) is 67.5 cm³/mol. The summed E-state index contributed by atoms with van der Waals surface area (Å²) in [5, 5.41) is 6.15. The van der Waals surface area contributed by atoms with Crippen LogP contribution in [0.15, 0.2) is 17.3 Å². The molecule has 0 aliphatic carbocycles. The van der Waals surface area contributed by atoms with Gasteiger partial charge < -0.3 is 0 Å². The van der Waals surface area contributed by atoms with Gasteiger partial charge in [0.1, 0.15) is 0 Å². The molecule has 2 N–H and O–H groups in total. The Labute approximate surface area is 107 Å². The Bertz CT molecular complexity index is 437. The maximum atomic E-state index is 12.0. The van der Waals surface area contributed by atoms with E-state index in [0.717, 1.165) is 0 Å². The Hall–Kier alpha value is -0.590. The summed E-state index contributed by atoms with van der Waals surface area (Å²) < 4.78 is 26.7. The zero-order valence-electron chi connectivity index (χ0n) is 10.2. The van der Waals surface area contributed by atoms with Crippen molar-refractivity contribution in [1.29, 1.82) is 0 Å². The van der Waals surface area contributed by atoms with Crippen molar-refractivity contribution >= 4 is 21.6 Å². The van der Waals surface area contributed by atoms with Crippen LogP contribution in [0, 0.1) is 5.41 Å². The SMILES string of the molecule is CC(C)(C)C(CCCl)NS(=O)(=O)c1ccn[nH]1. The zero-order valence-corrected chi connectivity index (χ0v) is 11.8. The molecule has 1 heterocycles.